The summed E-state index contributed by atoms with van der Waals surface area (Å²) in [6.45, 7) is 6.99. The van der Waals surface area contributed by atoms with Crippen molar-refractivity contribution < 1.29 is 43.5 Å². The van der Waals surface area contributed by atoms with Crippen molar-refractivity contribution in [2.24, 2.45) is 5.92 Å². The number of nitrogens with two attached hydrogens (primary N) is 2. The van der Waals surface area contributed by atoms with Gasteiger partial charge in [0.2, 0.25) is 59.2 Å². The van der Waals surface area contributed by atoms with Crippen LogP contribution in [-0.4, -0.2) is 180 Å². The van der Waals surface area contributed by atoms with Crippen LogP contribution in [0.3, 0.4) is 0 Å². The number of pyridine rings is 1. The van der Waals surface area contributed by atoms with Crippen molar-refractivity contribution in [3.63, 3.8) is 0 Å². The molecule has 0 spiro atoms. The molecule has 1 aliphatic heterocycles. The molecule has 0 unspecified atom stereocenters. The lowest BCUT2D eigenvalue weighted by atomic mass is 9.98. The van der Waals surface area contributed by atoms with Crippen LogP contribution in [-0.2, 0) is 70.5 Å². The number of hydrogen-bond donors (Lipinski definition) is 12. The molecule has 0 bridgehead atoms. The number of nitrogens with zero attached hydrogens (tertiary/aromatic N) is 7. The van der Waals surface area contributed by atoms with Gasteiger partial charge in [0.1, 0.15) is 42.3 Å². The molecular weight excluding hydrogens is 1270 g/mol. The third-order valence-corrected chi connectivity index (χ3v) is 17.1. The average molecular weight is 1360 g/mol. The summed E-state index contributed by atoms with van der Waals surface area (Å²) in [7, 11) is 1.31. The summed E-state index contributed by atoms with van der Waals surface area (Å²) in [5.41, 5.74) is 15.7. The van der Waals surface area contributed by atoms with Gasteiger partial charge < -0.3 is 63.6 Å². The number of aliphatic hydroxyl groups excluding tert-OH is 1. The number of amides is 8. The molecule has 8 aromatic rings. The van der Waals surface area contributed by atoms with Crippen molar-refractivity contribution in [1.29, 1.82) is 0 Å². The molecule has 1 fully saturated rings. The molecule has 27 nitrogen and oxygen atoms in total. The van der Waals surface area contributed by atoms with Gasteiger partial charge in [-0.25, -0.2) is 0 Å². The Bertz CT molecular complexity index is 4040. The number of benzene rings is 5. The monoisotopic (exact) mass is 1350 g/mol. The van der Waals surface area contributed by atoms with Crippen molar-refractivity contribution in [3.8, 4) is 22.8 Å². The van der Waals surface area contributed by atoms with Crippen LogP contribution in [0.1, 0.15) is 67.9 Å². The lowest BCUT2D eigenvalue weighted by Crippen LogP contribution is -2.61. The van der Waals surface area contributed by atoms with Gasteiger partial charge in [0.15, 0.2) is 11.6 Å². The van der Waals surface area contributed by atoms with Gasteiger partial charge in [-0.15, -0.1) is 10.2 Å². The number of likely N-dealkylation sites (tertiary alicyclic amines) is 1. The summed E-state index contributed by atoms with van der Waals surface area (Å²) in [5.74, 6) is -5.05. The maximum absolute atomic E-state index is 15.4. The van der Waals surface area contributed by atoms with E-state index in [1.54, 1.807) is 84.9 Å². The van der Waals surface area contributed by atoms with Crippen molar-refractivity contribution in [2.75, 3.05) is 51.3 Å². The molecule has 1 saturated heterocycles. The van der Waals surface area contributed by atoms with Gasteiger partial charge in [0.05, 0.1) is 6.61 Å². The van der Waals surface area contributed by atoms with Gasteiger partial charge in [-0.3, -0.25) is 53.5 Å². The number of anilines is 2. The maximum Gasteiger partial charge on any atom is 0.247 e. The average Bonchev–Trinajstić information content (AvgIpc) is 1.13. The predicted molar refractivity (Wildman–Crippen MR) is 370 cm³/mol. The molecule has 3 aromatic heterocycles. The van der Waals surface area contributed by atoms with Crippen LogP contribution in [0.2, 0.25) is 5.02 Å². The van der Waals surface area contributed by atoms with E-state index in [0.29, 0.717) is 63.1 Å². The van der Waals surface area contributed by atoms with Crippen LogP contribution < -0.4 is 48.7 Å². The number of fused-ring (bicyclic) bond motifs is 1. The Morgan fingerprint density at radius 2 is 1.04 bits per heavy atom. The number of hydrogen-bond acceptors (Lipinski definition) is 17. The highest BCUT2D eigenvalue weighted by Crippen LogP contribution is 2.23. The van der Waals surface area contributed by atoms with E-state index in [-0.39, 0.29) is 56.3 Å². The first-order valence-corrected chi connectivity index (χ1v) is 32.8. The summed E-state index contributed by atoms with van der Waals surface area (Å²) in [4.78, 5) is 132. The van der Waals surface area contributed by atoms with Gasteiger partial charge >= 0.3 is 0 Å². The molecular formula is C70H83ClN18O9. The molecule has 14 N–H and O–H groups in total. The standard InChI is InChI=1S/C70H83ClN18O9/c1-41(2)32-53(62(92)75-28-31-89-29-7-8-30-89)77-65(95)56(34-43-13-21-49(22-14-43)60-82-69(72)86-84-60)80-67(97)59(38-45-15-23-50(24-16-45)61-83-70(73)87-85-61)88(4)68(98)58(40-90)81-66(96)57(37-47-10-9-27-74-39-47)79-64(94)55(35-44-18-25-52(71)26-19-44)78-63(93)54(76-42(3)91)36-46-17-20-48-11-5-6-12-51(48)33-46/h5-6,9-27,33,39,41,53-59,90H,7-8,28-32,34-38,40H2,1-4H3,(H,75,92)(H,76,91)(H,77,95)(H,78,93)(H,79,94)(H,80,97)(H,81,96)(H3,72,82,84,86)(H3,73,83,85,87)/t53-,54+,55+,56+,57+,58-,59-/m0/s1. The van der Waals surface area contributed by atoms with Gasteiger partial charge in [-0.1, -0.05) is 135 Å². The summed E-state index contributed by atoms with van der Waals surface area (Å²) in [5, 5.41) is 46.6. The van der Waals surface area contributed by atoms with Crippen LogP contribution >= 0.6 is 11.6 Å². The largest absolute Gasteiger partial charge is 0.394 e. The number of aromatic amines is 2. The van der Waals surface area contributed by atoms with E-state index in [0.717, 1.165) is 47.2 Å². The molecule has 0 saturated carbocycles. The molecule has 28 heteroatoms. The molecule has 4 heterocycles. The molecule has 0 aliphatic carbocycles. The fourth-order valence-electron chi connectivity index (χ4n) is 11.7. The molecule has 9 rings (SSSR count). The number of aliphatic hydroxyl groups is 1. The number of likely N-dealkylation sites (N-methyl/N-ethyl adjacent to an activating group) is 1. The second-order valence-corrected chi connectivity index (χ2v) is 25.3. The highest BCUT2D eigenvalue weighted by atomic mass is 35.5. The number of aromatic nitrogens is 7. The summed E-state index contributed by atoms with van der Waals surface area (Å²) in [6.07, 6.45) is 4.87. The minimum atomic E-state index is -1.76. The molecule has 98 heavy (non-hydrogen) atoms. The molecule has 8 amide bonds. The second kappa shape index (κ2) is 34.3. The van der Waals surface area contributed by atoms with Gasteiger partial charge in [-0.2, -0.15) is 9.97 Å². The number of rotatable bonds is 32. The van der Waals surface area contributed by atoms with E-state index >= 15 is 9.59 Å². The summed E-state index contributed by atoms with van der Waals surface area (Å²) >= 11 is 6.26. The van der Waals surface area contributed by atoms with E-state index in [1.807, 2.05) is 56.3 Å². The lowest BCUT2D eigenvalue weighted by molar-refractivity contribution is -0.143. The van der Waals surface area contributed by atoms with Crippen LogP contribution in [0, 0.1) is 5.92 Å². The summed E-state index contributed by atoms with van der Waals surface area (Å²) < 4.78 is 0. The van der Waals surface area contributed by atoms with Crippen LogP contribution in [0.25, 0.3) is 33.5 Å². The fourth-order valence-corrected chi connectivity index (χ4v) is 11.8. The van der Waals surface area contributed by atoms with E-state index in [4.69, 9.17) is 23.1 Å². The molecule has 0 radical (unpaired) electrons. The maximum atomic E-state index is 15.4. The third kappa shape index (κ3) is 20.4. The third-order valence-electron chi connectivity index (χ3n) is 16.9. The second-order valence-electron chi connectivity index (χ2n) is 24.8. The zero-order chi connectivity index (χ0) is 69.8. The van der Waals surface area contributed by atoms with Gasteiger partial charge in [-0.05, 0) is 95.1 Å². The van der Waals surface area contributed by atoms with Crippen molar-refractivity contribution >= 4 is 81.5 Å². The normalized spacial score (nSPS) is 14.4. The highest BCUT2D eigenvalue weighted by Gasteiger charge is 2.38. The first kappa shape index (κ1) is 71.6. The van der Waals surface area contributed by atoms with Gasteiger partial charge in [0, 0.05) is 87.7 Å². The summed E-state index contributed by atoms with van der Waals surface area (Å²) in [6, 6.07) is 27.4. The van der Waals surface area contributed by atoms with Crippen molar-refractivity contribution in [2.45, 2.75) is 114 Å². The number of halogens is 1. The van der Waals surface area contributed by atoms with Crippen LogP contribution in [0.4, 0.5) is 11.9 Å². The Kier molecular flexibility index (Phi) is 25.1. The quantitative estimate of drug-likeness (QED) is 0.0288. The Balaban J connectivity index is 0.990. The zero-order valence-corrected chi connectivity index (χ0v) is 55.7. The lowest BCUT2D eigenvalue weighted by Gasteiger charge is -2.32. The number of H-pyrrole nitrogens is 2. The Labute approximate surface area is 571 Å². The smallest absolute Gasteiger partial charge is 0.247 e. The first-order valence-electron chi connectivity index (χ1n) is 32.5. The Hall–Kier alpha value is -10.6. The van der Waals surface area contributed by atoms with E-state index in [1.165, 1.54) is 26.4 Å². The number of carbonyl (C=O) groups is 8. The molecule has 5 aromatic carbocycles. The van der Waals surface area contributed by atoms with E-state index in [2.05, 4.69) is 77.5 Å². The SMILES string of the molecule is CC(=O)N[C@H](Cc1ccc2ccccc2c1)C(=O)N[C@H](Cc1ccc(Cl)cc1)C(=O)N[C@H](Cc1cccnc1)C(=O)N[C@@H](CO)C(=O)N(C)[C@@H](Cc1ccc(-c2nc(N)n[nH]2)cc1)C(=O)N[C@H](Cc1ccc(-c2nc(N)n[nH]2)cc1)C(=O)N[C@@H](CC(C)C)C(=O)NCCN1CCCC1. The number of carbonyl (C=O) groups excluding carboxylic acids is 8. The highest BCUT2D eigenvalue weighted by molar-refractivity contribution is 6.30. The zero-order valence-electron chi connectivity index (χ0n) is 55.0. The molecule has 1 aliphatic rings. The minimum Gasteiger partial charge on any atom is -0.394 e. The van der Waals surface area contributed by atoms with Crippen LogP contribution in [0.5, 0.6) is 0 Å². The fraction of sp³-hybridized carbons (Fsp3) is 0.357. The van der Waals surface area contributed by atoms with Crippen molar-refractivity contribution in [1.82, 2.24) is 82.4 Å². The van der Waals surface area contributed by atoms with E-state index < -0.39 is 96.2 Å². The Morgan fingerprint density at radius 1 is 0.561 bits per heavy atom. The topological polar surface area (TPSA) is 396 Å². The molecule has 7 atom stereocenters. The molecule has 514 valence electrons. The predicted octanol–water partition coefficient (Wildman–Crippen LogP) is 3.14. The minimum absolute atomic E-state index is 0.0181. The van der Waals surface area contributed by atoms with Crippen molar-refractivity contribution in [3.05, 3.63) is 173 Å². The first-order chi connectivity index (χ1) is 47.1. The van der Waals surface area contributed by atoms with Crippen LogP contribution in [0.15, 0.2) is 140 Å². The Morgan fingerprint density at radius 3 is 1.55 bits per heavy atom. The number of nitrogens with one attached hydrogen (secondary N) is 9. The number of nitrogen functional groups attached to an aromatic ring is 2. The van der Waals surface area contributed by atoms with E-state index in [9.17, 15) is 33.9 Å². The van der Waals surface area contributed by atoms with Gasteiger partial charge in [0.25, 0.3) is 0 Å².